The summed E-state index contributed by atoms with van der Waals surface area (Å²) in [6.45, 7) is 5.53. The molecule has 1 fully saturated rings. The van der Waals surface area contributed by atoms with Gasteiger partial charge in [-0.15, -0.1) is 0 Å². The molecule has 0 radical (unpaired) electrons. The smallest absolute Gasteiger partial charge is 0.314 e. The molecule has 0 bridgehead atoms. The minimum Gasteiger partial charge on any atom is -0.483 e. The number of amides is 1. The van der Waals surface area contributed by atoms with Crippen LogP contribution in [0.15, 0.2) is 18.2 Å². The van der Waals surface area contributed by atoms with Crippen LogP contribution in [0.5, 0.6) is 11.5 Å². The molecule has 6 nitrogen and oxygen atoms in total. The van der Waals surface area contributed by atoms with Gasteiger partial charge in [-0.05, 0) is 23.6 Å². The summed E-state index contributed by atoms with van der Waals surface area (Å²) >= 11 is 0. The zero-order valence-electron chi connectivity index (χ0n) is 15.7. The number of rotatable bonds is 5. The maximum absolute atomic E-state index is 13.4. The molecule has 2 heterocycles. The van der Waals surface area contributed by atoms with Gasteiger partial charge in [0.15, 0.2) is 24.7 Å². The fourth-order valence-corrected chi connectivity index (χ4v) is 2.97. The van der Waals surface area contributed by atoms with E-state index in [-0.39, 0.29) is 5.91 Å². The Balaban J connectivity index is 1.59. The summed E-state index contributed by atoms with van der Waals surface area (Å²) in [5.41, 5.74) is 0.908. The number of ether oxygens (including phenoxy) is 3. The van der Waals surface area contributed by atoms with Crippen molar-refractivity contribution in [1.82, 2.24) is 10.2 Å². The second-order valence-corrected chi connectivity index (χ2v) is 7.45. The van der Waals surface area contributed by atoms with Crippen molar-refractivity contribution in [3.63, 3.8) is 0 Å². The van der Waals surface area contributed by atoms with Crippen LogP contribution in [0.3, 0.4) is 0 Å². The summed E-state index contributed by atoms with van der Waals surface area (Å²) in [7, 11) is 0. The molecule has 1 amide bonds. The fraction of sp³-hybridized carbons (Fsp3) is 0.632. The van der Waals surface area contributed by atoms with Crippen LogP contribution in [0.25, 0.3) is 0 Å². The van der Waals surface area contributed by atoms with E-state index in [0.717, 1.165) is 5.56 Å². The minimum atomic E-state index is -3.00. The number of halogens is 2. The first-order chi connectivity index (χ1) is 12.8. The zero-order chi connectivity index (χ0) is 19.4. The van der Waals surface area contributed by atoms with Crippen LogP contribution in [0.4, 0.5) is 8.78 Å². The third-order valence-corrected chi connectivity index (χ3v) is 4.42. The van der Waals surface area contributed by atoms with Crippen molar-refractivity contribution in [2.24, 2.45) is 5.92 Å². The minimum absolute atomic E-state index is 0.103. The van der Waals surface area contributed by atoms with Gasteiger partial charge in [-0.3, -0.25) is 9.69 Å². The number of hydrogen-bond donors (Lipinski definition) is 1. The molecule has 1 aromatic carbocycles. The molecule has 8 heteroatoms. The van der Waals surface area contributed by atoms with Gasteiger partial charge in [-0.2, -0.15) is 8.78 Å². The van der Waals surface area contributed by atoms with Crippen molar-refractivity contribution < 1.29 is 27.8 Å². The average Bonchev–Trinajstić information content (AvgIpc) is 2.78. The topological polar surface area (TPSA) is 60.0 Å². The largest absolute Gasteiger partial charge is 0.483 e. The lowest BCUT2D eigenvalue weighted by molar-refractivity contribution is -0.138. The van der Waals surface area contributed by atoms with E-state index < -0.39 is 25.2 Å². The number of nitrogens with zero attached hydrogens (tertiary/aromatic N) is 1. The summed E-state index contributed by atoms with van der Waals surface area (Å²) < 4.78 is 42.8. The highest BCUT2D eigenvalue weighted by Crippen LogP contribution is 2.34. The number of hydrogen-bond acceptors (Lipinski definition) is 5. The van der Waals surface area contributed by atoms with Crippen LogP contribution in [-0.2, 0) is 16.1 Å². The summed E-state index contributed by atoms with van der Waals surface area (Å²) in [5.74, 6) is -2.08. The van der Waals surface area contributed by atoms with Gasteiger partial charge in [0.25, 0.3) is 0 Å². The Kier molecular flexibility index (Phi) is 6.16. The lowest BCUT2D eigenvalue weighted by Crippen LogP contribution is -2.49. The molecule has 1 atom stereocenters. The molecule has 150 valence electrons. The molecule has 3 rings (SSSR count). The zero-order valence-corrected chi connectivity index (χ0v) is 15.7. The number of morpholine rings is 1. The van der Waals surface area contributed by atoms with Crippen molar-refractivity contribution in [1.29, 1.82) is 0 Å². The average molecular weight is 384 g/mol. The predicted octanol–water partition coefficient (Wildman–Crippen LogP) is 2.07. The normalized spacial score (nSPS) is 22.3. The maximum atomic E-state index is 13.4. The molecule has 27 heavy (non-hydrogen) atoms. The number of benzene rings is 1. The molecular formula is C19H26F2N2O4. The number of nitrogens with one attached hydrogen (secondary N) is 1. The summed E-state index contributed by atoms with van der Waals surface area (Å²) in [5, 5.41) is 2.89. The van der Waals surface area contributed by atoms with Crippen LogP contribution < -0.4 is 14.8 Å². The SMILES string of the molecule is CC(C)CNC(=O)C1CN(Cc2ccc3c(c2)OCC(F)(F)CO3)CCO1. The lowest BCUT2D eigenvalue weighted by Gasteiger charge is -2.32. The highest BCUT2D eigenvalue weighted by atomic mass is 19.3. The quantitative estimate of drug-likeness (QED) is 0.842. The van der Waals surface area contributed by atoms with Crippen LogP contribution in [0, 0.1) is 5.92 Å². The third kappa shape index (κ3) is 5.52. The van der Waals surface area contributed by atoms with Crippen molar-refractivity contribution in [2.75, 3.05) is 39.5 Å². The molecule has 2 aliphatic rings. The molecule has 0 aromatic heterocycles. The Hall–Kier alpha value is -1.93. The van der Waals surface area contributed by atoms with Gasteiger partial charge in [0, 0.05) is 26.2 Å². The van der Waals surface area contributed by atoms with E-state index >= 15 is 0 Å². The van der Waals surface area contributed by atoms with Gasteiger partial charge in [0.2, 0.25) is 5.91 Å². The molecule has 1 unspecified atom stereocenters. The van der Waals surface area contributed by atoms with Gasteiger partial charge in [-0.1, -0.05) is 19.9 Å². The number of carbonyl (C=O) groups is 1. The van der Waals surface area contributed by atoms with Crippen LogP contribution >= 0.6 is 0 Å². The standard InChI is InChI=1S/C19H26F2N2O4/c1-13(2)8-22-18(24)17-10-23(5-6-25-17)9-14-3-4-15-16(7-14)27-12-19(20,21)11-26-15/h3-4,7,13,17H,5-6,8-12H2,1-2H3,(H,22,24). The number of alkyl halides is 2. The Morgan fingerprint density at radius 2 is 2.04 bits per heavy atom. The van der Waals surface area contributed by atoms with Crippen molar-refractivity contribution in [2.45, 2.75) is 32.4 Å². The van der Waals surface area contributed by atoms with Crippen LogP contribution in [0.2, 0.25) is 0 Å². The third-order valence-electron chi connectivity index (χ3n) is 4.42. The van der Waals surface area contributed by atoms with E-state index in [4.69, 9.17) is 14.2 Å². The highest BCUT2D eigenvalue weighted by molar-refractivity contribution is 5.81. The molecule has 0 aliphatic carbocycles. The van der Waals surface area contributed by atoms with Crippen molar-refractivity contribution >= 4 is 5.91 Å². The second kappa shape index (κ2) is 8.39. The second-order valence-electron chi connectivity index (χ2n) is 7.45. The molecule has 1 N–H and O–H groups in total. The first-order valence-electron chi connectivity index (χ1n) is 9.20. The Bertz CT molecular complexity index is 669. The number of carbonyl (C=O) groups excluding carboxylic acids is 1. The fourth-order valence-electron chi connectivity index (χ4n) is 2.97. The van der Waals surface area contributed by atoms with Gasteiger partial charge in [-0.25, -0.2) is 0 Å². The van der Waals surface area contributed by atoms with E-state index in [2.05, 4.69) is 10.2 Å². The Labute approximate surface area is 157 Å². The highest BCUT2D eigenvalue weighted by Gasteiger charge is 2.34. The Morgan fingerprint density at radius 3 is 2.78 bits per heavy atom. The van der Waals surface area contributed by atoms with Crippen molar-refractivity contribution in [3.8, 4) is 11.5 Å². The molecule has 2 aliphatic heterocycles. The van der Waals surface area contributed by atoms with Crippen molar-refractivity contribution in [3.05, 3.63) is 23.8 Å². The first kappa shape index (κ1) is 19.8. The summed E-state index contributed by atoms with van der Waals surface area (Å²) in [6.07, 6.45) is -0.503. The Morgan fingerprint density at radius 1 is 1.30 bits per heavy atom. The van der Waals surface area contributed by atoms with E-state index in [9.17, 15) is 13.6 Å². The molecule has 0 spiro atoms. The van der Waals surface area contributed by atoms with Gasteiger partial charge >= 0.3 is 5.92 Å². The summed E-state index contributed by atoms with van der Waals surface area (Å²) in [6, 6.07) is 5.20. The van der Waals surface area contributed by atoms with Crippen LogP contribution in [-0.4, -0.2) is 62.3 Å². The van der Waals surface area contributed by atoms with E-state index in [1.165, 1.54) is 0 Å². The van der Waals surface area contributed by atoms with Gasteiger partial charge in [0.05, 0.1) is 6.61 Å². The maximum Gasteiger partial charge on any atom is 0.314 e. The van der Waals surface area contributed by atoms with E-state index in [1.54, 1.807) is 12.1 Å². The monoisotopic (exact) mass is 384 g/mol. The van der Waals surface area contributed by atoms with E-state index in [0.29, 0.717) is 50.2 Å². The first-order valence-corrected chi connectivity index (χ1v) is 9.20. The summed E-state index contributed by atoms with van der Waals surface area (Å²) in [4.78, 5) is 14.3. The lowest BCUT2D eigenvalue weighted by atomic mass is 10.1. The molecule has 1 aromatic rings. The number of fused-ring (bicyclic) bond motifs is 1. The molecule has 1 saturated heterocycles. The van der Waals surface area contributed by atoms with Crippen LogP contribution in [0.1, 0.15) is 19.4 Å². The predicted molar refractivity (Wildman–Crippen MR) is 95.2 cm³/mol. The van der Waals surface area contributed by atoms with Gasteiger partial charge < -0.3 is 19.5 Å². The molecule has 0 saturated carbocycles. The van der Waals surface area contributed by atoms with Gasteiger partial charge in [0.1, 0.15) is 6.10 Å². The molecular weight excluding hydrogens is 358 g/mol. The van der Waals surface area contributed by atoms with E-state index in [1.807, 2.05) is 19.9 Å².